The third-order valence-corrected chi connectivity index (χ3v) is 6.36. The number of thiocarbonyl (C=S) groups is 1. The molecule has 2 aromatic carbocycles. The number of nitrogens with one attached hydrogen (secondary N) is 2. The van der Waals surface area contributed by atoms with Crippen molar-refractivity contribution < 1.29 is 4.79 Å². The van der Waals surface area contributed by atoms with Crippen LogP contribution in [0.2, 0.25) is 0 Å². The maximum absolute atomic E-state index is 12.8. The van der Waals surface area contributed by atoms with Gasteiger partial charge in [-0.1, -0.05) is 72.3 Å². The molecule has 1 aliphatic heterocycles. The van der Waals surface area contributed by atoms with E-state index in [-0.39, 0.29) is 18.5 Å². The molecule has 2 N–H and O–H groups in total. The van der Waals surface area contributed by atoms with E-state index in [4.69, 9.17) is 12.2 Å². The molecule has 0 spiro atoms. The van der Waals surface area contributed by atoms with Crippen LogP contribution in [0.3, 0.4) is 0 Å². The van der Waals surface area contributed by atoms with Crippen LogP contribution < -0.4 is 10.6 Å². The molecule has 2 aromatic rings. The second-order valence-corrected chi connectivity index (χ2v) is 8.50. The molecular weight excluding hydrogens is 390 g/mol. The van der Waals surface area contributed by atoms with E-state index in [0.717, 1.165) is 37.1 Å². The Bertz CT molecular complexity index is 858. The van der Waals surface area contributed by atoms with Gasteiger partial charge in [0.05, 0.1) is 12.6 Å². The maximum atomic E-state index is 12.8. The summed E-state index contributed by atoms with van der Waals surface area (Å²) in [5.41, 5.74) is 3.71. The molecule has 4 rings (SSSR count). The summed E-state index contributed by atoms with van der Waals surface area (Å²) in [5, 5.41) is 7.02. The van der Waals surface area contributed by atoms with Crippen LogP contribution in [0.1, 0.15) is 42.9 Å². The van der Waals surface area contributed by atoms with Crippen LogP contribution >= 0.6 is 12.2 Å². The SMILES string of the molecule is O=C(CNC(=S)NC(c1ccccc1)c1ccccc1)N1CCC2CCCC=C2C1. The van der Waals surface area contributed by atoms with E-state index < -0.39 is 0 Å². The Kier molecular flexibility index (Phi) is 6.80. The molecule has 0 radical (unpaired) electrons. The molecule has 5 heteroatoms. The van der Waals surface area contributed by atoms with Crippen molar-refractivity contribution in [2.75, 3.05) is 19.6 Å². The van der Waals surface area contributed by atoms with Crippen molar-refractivity contribution in [1.82, 2.24) is 15.5 Å². The van der Waals surface area contributed by atoms with Gasteiger partial charge in [0.15, 0.2) is 5.11 Å². The Labute approximate surface area is 184 Å². The lowest BCUT2D eigenvalue weighted by Gasteiger charge is -2.36. The summed E-state index contributed by atoms with van der Waals surface area (Å²) in [6.45, 7) is 1.85. The number of benzene rings is 2. The van der Waals surface area contributed by atoms with Gasteiger partial charge >= 0.3 is 0 Å². The number of carbonyl (C=O) groups is 1. The Hall–Kier alpha value is -2.66. The Morgan fingerprint density at radius 1 is 1.03 bits per heavy atom. The van der Waals surface area contributed by atoms with Crippen molar-refractivity contribution >= 4 is 23.2 Å². The first-order valence-corrected chi connectivity index (χ1v) is 11.2. The molecule has 1 saturated heterocycles. The largest absolute Gasteiger partial charge is 0.354 e. The number of carbonyl (C=O) groups excluding carboxylic acids is 1. The first kappa shape index (κ1) is 20.6. The summed E-state index contributed by atoms with van der Waals surface area (Å²) in [6, 6.07) is 20.4. The van der Waals surface area contributed by atoms with E-state index in [1.807, 2.05) is 41.3 Å². The minimum absolute atomic E-state index is 0.0642. The van der Waals surface area contributed by atoms with Crippen molar-refractivity contribution in [3.05, 3.63) is 83.4 Å². The van der Waals surface area contributed by atoms with Gasteiger partial charge in [-0.25, -0.2) is 0 Å². The lowest BCUT2D eigenvalue weighted by atomic mass is 9.82. The van der Waals surface area contributed by atoms with Crippen molar-refractivity contribution in [3.63, 3.8) is 0 Å². The average Bonchev–Trinajstić information content (AvgIpc) is 2.81. The molecule has 1 aliphatic carbocycles. The van der Waals surface area contributed by atoms with Crippen molar-refractivity contribution in [2.24, 2.45) is 5.92 Å². The lowest BCUT2D eigenvalue weighted by molar-refractivity contribution is -0.130. The van der Waals surface area contributed by atoms with E-state index in [1.54, 1.807) is 0 Å². The molecule has 0 bridgehead atoms. The van der Waals surface area contributed by atoms with Crippen LogP contribution in [-0.4, -0.2) is 35.6 Å². The molecule has 0 aromatic heterocycles. The molecule has 4 nitrogen and oxygen atoms in total. The average molecular weight is 420 g/mol. The summed E-state index contributed by atoms with van der Waals surface area (Å²) >= 11 is 5.54. The number of likely N-dealkylation sites (tertiary alicyclic amines) is 1. The third-order valence-electron chi connectivity index (χ3n) is 6.10. The first-order valence-electron chi connectivity index (χ1n) is 10.8. The number of nitrogens with zero attached hydrogens (tertiary/aromatic N) is 1. The van der Waals surface area contributed by atoms with Gasteiger partial charge in [-0.15, -0.1) is 0 Å². The van der Waals surface area contributed by atoms with Crippen molar-refractivity contribution in [3.8, 4) is 0 Å². The minimum atomic E-state index is -0.0642. The second-order valence-electron chi connectivity index (χ2n) is 8.09. The molecular formula is C25H29N3OS. The number of amides is 1. The fourth-order valence-electron chi connectivity index (χ4n) is 4.45. The monoisotopic (exact) mass is 419 g/mol. The molecule has 2 aliphatic rings. The van der Waals surface area contributed by atoms with Gasteiger partial charge in [-0.2, -0.15) is 0 Å². The van der Waals surface area contributed by atoms with Crippen LogP contribution in [0.25, 0.3) is 0 Å². The molecule has 30 heavy (non-hydrogen) atoms. The second kappa shape index (κ2) is 9.90. The van der Waals surface area contributed by atoms with E-state index in [1.165, 1.54) is 18.4 Å². The van der Waals surface area contributed by atoms with Gasteiger partial charge in [-0.05, 0) is 54.9 Å². The fraction of sp³-hybridized carbons (Fsp3) is 0.360. The topological polar surface area (TPSA) is 44.4 Å². The number of allylic oxidation sites excluding steroid dienone is 1. The standard InChI is InChI=1S/C25H29N3OS/c29-23(28-16-15-19-9-7-8-14-22(19)18-28)17-26-25(30)27-24(20-10-3-1-4-11-20)21-12-5-2-6-13-21/h1-6,10-14,19,24H,7-9,15-18H2,(H2,26,27,30). The van der Waals surface area contributed by atoms with Crippen LogP contribution in [0.4, 0.5) is 0 Å². The number of hydrogen-bond acceptors (Lipinski definition) is 2. The minimum Gasteiger partial charge on any atom is -0.354 e. The molecule has 156 valence electrons. The highest BCUT2D eigenvalue weighted by Crippen LogP contribution is 2.31. The van der Waals surface area contributed by atoms with E-state index in [2.05, 4.69) is 41.0 Å². The Balaban J connectivity index is 1.35. The normalized spacial score (nSPS) is 18.4. The number of hydrogen-bond donors (Lipinski definition) is 2. The zero-order chi connectivity index (χ0) is 20.8. The smallest absolute Gasteiger partial charge is 0.242 e. The first-order chi connectivity index (χ1) is 14.7. The maximum Gasteiger partial charge on any atom is 0.242 e. The highest BCUT2D eigenvalue weighted by molar-refractivity contribution is 7.80. The summed E-state index contributed by atoms with van der Waals surface area (Å²) in [4.78, 5) is 14.7. The summed E-state index contributed by atoms with van der Waals surface area (Å²) in [5.74, 6) is 0.802. The van der Waals surface area contributed by atoms with Crippen molar-refractivity contribution in [1.29, 1.82) is 0 Å². The predicted octanol–water partition coefficient (Wildman–Crippen LogP) is 4.20. The molecule has 1 unspecified atom stereocenters. The summed E-state index contributed by atoms with van der Waals surface area (Å²) in [7, 11) is 0. The predicted molar refractivity (Wildman–Crippen MR) is 125 cm³/mol. The van der Waals surface area contributed by atoms with E-state index in [0.29, 0.717) is 11.0 Å². The van der Waals surface area contributed by atoms with Crippen LogP contribution in [0, 0.1) is 5.92 Å². The van der Waals surface area contributed by atoms with Crippen LogP contribution in [-0.2, 0) is 4.79 Å². The summed E-state index contributed by atoms with van der Waals surface area (Å²) < 4.78 is 0. The molecule has 0 saturated carbocycles. The zero-order valence-electron chi connectivity index (χ0n) is 17.2. The Morgan fingerprint density at radius 3 is 2.37 bits per heavy atom. The number of rotatable bonds is 5. The van der Waals surface area contributed by atoms with E-state index >= 15 is 0 Å². The van der Waals surface area contributed by atoms with Gasteiger partial charge in [-0.3, -0.25) is 4.79 Å². The Morgan fingerprint density at radius 2 is 1.70 bits per heavy atom. The van der Waals surface area contributed by atoms with Crippen LogP contribution in [0.5, 0.6) is 0 Å². The highest BCUT2D eigenvalue weighted by Gasteiger charge is 2.27. The third kappa shape index (κ3) is 5.08. The van der Waals surface area contributed by atoms with Gasteiger partial charge in [0.1, 0.15) is 0 Å². The van der Waals surface area contributed by atoms with Crippen LogP contribution in [0.15, 0.2) is 72.3 Å². The molecule has 1 heterocycles. The fourth-order valence-corrected chi connectivity index (χ4v) is 4.64. The van der Waals surface area contributed by atoms with Gasteiger partial charge in [0.2, 0.25) is 5.91 Å². The van der Waals surface area contributed by atoms with E-state index in [9.17, 15) is 4.79 Å². The summed E-state index contributed by atoms with van der Waals surface area (Å²) in [6.07, 6.45) is 7.15. The quantitative estimate of drug-likeness (QED) is 0.563. The van der Waals surface area contributed by atoms with Gasteiger partial charge in [0.25, 0.3) is 0 Å². The number of piperidine rings is 1. The zero-order valence-corrected chi connectivity index (χ0v) is 18.0. The van der Waals surface area contributed by atoms with Gasteiger partial charge < -0.3 is 15.5 Å². The highest BCUT2D eigenvalue weighted by atomic mass is 32.1. The van der Waals surface area contributed by atoms with Gasteiger partial charge in [0, 0.05) is 13.1 Å². The molecule has 1 amide bonds. The lowest BCUT2D eigenvalue weighted by Crippen LogP contribution is -2.47. The molecule has 1 atom stereocenters. The molecule has 1 fully saturated rings. The number of fused-ring (bicyclic) bond motifs is 1. The van der Waals surface area contributed by atoms with Crippen molar-refractivity contribution in [2.45, 2.75) is 31.7 Å².